The molecule has 0 unspecified atom stereocenters. The molecule has 8 atom stereocenters. The number of ether oxygens (including phenoxy) is 5. The van der Waals surface area contributed by atoms with Crippen LogP contribution in [0, 0.1) is 11.8 Å². The van der Waals surface area contributed by atoms with E-state index in [2.05, 4.69) is 6.92 Å². The van der Waals surface area contributed by atoms with Gasteiger partial charge in [0.1, 0.15) is 11.7 Å². The molecular formula is C34H50O11. The molecule has 0 aromatic rings. The molecule has 11 nitrogen and oxygen atoms in total. The van der Waals surface area contributed by atoms with E-state index in [0.29, 0.717) is 29.6 Å². The van der Waals surface area contributed by atoms with Crippen molar-refractivity contribution < 1.29 is 52.8 Å². The minimum absolute atomic E-state index is 0.0662. The zero-order chi connectivity index (χ0) is 33.7. The zero-order valence-electron chi connectivity index (χ0n) is 27.9. The number of carbonyl (C=O) groups excluding carboxylic acids is 5. The Balaban J connectivity index is 2.19. The summed E-state index contributed by atoms with van der Waals surface area (Å²) in [6.45, 7) is 13.2. The van der Waals surface area contributed by atoms with Gasteiger partial charge in [-0.1, -0.05) is 45.6 Å². The van der Waals surface area contributed by atoms with Crippen LogP contribution in [0.1, 0.15) is 113 Å². The second kappa shape index (κ2) is 14.9. The fourth-order valence-corrected chi connectivity index (χ4v) is 6.89. The lowest BCUT2D eigenvalue weighted by Gasteiger charge is -2.40. The smallest absolute Gasteiger partial charge is 0.334 e. The van der Waals surface area contributed by atoms with Gasteiger partial charge in [-0.25, -0.2) is 4.79 Å². The zero-order valence-corrected chi connectivity index (χ0v) is 27.9. The molecule has 0 aromatic heterocycles. The lowest BCUT2D eigenvalue weighted by molar-refractivity contribution is -0.193. The van der Waals surface area contributed by atoms with Crippen LogP contribution in [-0.4, -0.2) is 70.6 Å². The van der Waals surface area contributed by atoms with Gasteiger partial charge in [0, 0.05) is 31.8 Å². The van der Waals surface area contributed by atoms with Crippen molar-refractivity contribution in [1.29, 1.82) is 0 Å². The molecule has 3 rings (SSSR count). The topological polar surface area (TPSA) is 152 Å². The van der Waals surface area contributed by atoms with E-state index in [9.17, 15) is 29.1 Å². The average molecular weight is 635 g/mol. The van der Waals surface area contributed by atoms with E-state index >= 15 is 0 Å². The minimum Gasteiger partial charge on any atom is -0.459 e. The van der Waals surface area contributed by atoms with Crippen LogP contribution in [0.3, 0.4) is 0 Å². The van der Waals surface area contributed by atoms with E-state index in [1.807, 2.05) is 0 Å². The van der Waals surface area contributed by atoms with Crippen molar-refractivity contribution in [2.75, 3.05) is 0 Å². The van der Waals surface area contributed by atoms with Crippen LogP contribution in [0.2, 0.25) is 0 Å². The summed E-state index contributed by atoms with van der Waals surface area (Å²) in [4.78, 5) is 64.9. The highest BCUT2D eigenvalue weighted by Crippen LogP contribution is 2.56. The lowest BCUT2D eigenvalue weighted by Crippen LogP contribution is -2.56. The predicted molar refractivity (Wildman–Crippen MR) is 162 cm³/mol. The lowest BCUT2D eigenvalue weighted by atomic mass is 9.78. The molecule has 0 bridgehead atoms. The van der Waals surface area contributed by atoms with Crippen LogP contribution < -0.4 is 0 Å². The minimum atomic E-state index is -2.06. The van der Waals surface area contributed by atoms with E-state index in [1.165, 1.54) is 13.8 Å². The summed E-state index contributed by atoms with van der Waals surface area (Å²) < 4.78 is 29.7. The highest BCUT2D eigenvalue weighted by Gasteiger charge is 2.71. The summed E-state index contributed by atoms with van der Waals surface area (Å²) in [6.07, 6.45) is 1.57. The third-order valence-electron chi connectivity index (χ3n) is 9.44. The molecule has 0 amide bonds. The number of hydrogen-bond acceptors (Lipinski definition) is 11. The van der Waals surface area contributed by atoms with Gasteiger partial charge in [0.25, 0.3) is 0 Å². The maximum absolute atomic E-state index is 13.3. The van der Waals surface area contributed by atoms with Gasteiger partial charge in [0.2, 0.25) is 0 Å². The first-order valence-corrected chi connectivity index (χ1v) is 16.2. The Morgan fingerprint density at radius 3 is 2.22 bits per heavy atom. The predicted octanol–water partition coefficient (Wildman–Crippen LogP) is 4.81. The molecule has 1 saturated carbocycles. The maximum Gasteiger partial charge on any atom is 0.334 e. The normalized spacial score (nSPS) is 32.6. The van der Waals surface area contributed by atoms with E-state index in [0.717, 1.165) is 25.7 Å². The molecular weight excluding hydrogens is 584 g/mol. The molecule has 11 heteroatoms. The number of allylic oxidation sites excluding steroid dienone is 1. The van der Waals surface area contributed by atoms with Crippen molar-refractivity contribution in [2.24, 2.45) is 11.8 Å². The summed E-state index contributed by atoms with van der Waals surface area (Å²) in [7, 11) is 0. The highest BCUT2D eigenvalue weighted by atomic mass is 16.6. The second-order valence-electron chi connectivity index (χ2n) is 12.8. The third kappa shape index (κ3) is 7.45. The number of hydrogen-bond donors (Lipinski definition) is 1. The fourth-order valence-electron chi connectivity index (χ4n) is 6.89. The monoisotopic (exact) mass is 634 g/mol. The van der Waals surface area contributed by atoms with Crippen molar-refractivity contribution in [3.63, 3.8) is 0 Å². The molecule has 2 aliphatic carbocycles. The summed E-state index contributed by atoms with van der Waals surface area (Å²) in [5, 5.41) is 12.4. The van der Waals surface area contributed by atoms with Gasteiger partial charge in [0.05, 0.1) is 11.8 Å². The van der Waals surface area contributed by atoms with Crippen molar-refractivity contribution in [3.8, 4) is 0 Å². The summed E-state index contributed by atoms with van der Waals surface area (Å²) in [5.41, 5.74) is -2.58. The summed E-state index contributed by atoms with van der Waals surface area (Å²) >= 11 is 0. The maximum atomic E-state index is 13.3. The SMILES string of the molecule is C/C=C(/C)C(=O)O[C@H]1C(C)=C2[C@H]([C@H]1OC(=O)CCCCCCC)[C@@](C)(OC(C)=O)C[C@H](OC(=O)CCC)[C@]1(O)[C@@H](C)C(=O)O[C@@H]21. The number of esters is 5. The van der Waals surface area contributed by atoms with Crippen LogP contribution in [0.15, 0.2) is 22.8 Å². The van der Waals surface area contributed by atoms with Gasteiger partial charge < -0.3 is 28.8 Å². The van der Waals surface area contributed by atoms with Crippen molar-refractivity contribution in [3.05, 3.63) is 22.8 Å². The molecule has 1 saturated heterocycles. The molecule has 252 valence electrons. The van der Waals surface area contributed by atoms with Gasteiger partial charge in [-0.3, -0.25) is 19.2 Å². The quantitative estimate of drug-likeness (QED) is 0.0977. The fraction of sp³-hybridized carbons (Fsp3) is 0.735. The van der Waals surface area contributed by atoms with Crippen molar-refractivity contribution >= 4 is 29.8 Å². The van der Waals surface area contributed by atoms with Crippen molar-refractivity contribution in [1.82, 2.24) is 0 Å². The van der Waals surface area contributed by atoms with Gasteiger partial charge in [0.15, 0.2) is 23.9 Å². The van der Waals surface area contributed by atoms with E-state index < -0.39 is 77.3 Å². The molecule has 0 radical (unpaired) electrons. The summed E-state index contributed by atoms with van der Waals surface area (Å²) in [5.74, 6) is -5.28. The van der Waals surface area contributed by atoms with E-state index in [4.69, 9.17) is 23.7 Å². The molecule has 1 aliphatic heterocycles. The second-order valence-corrected chi connectivity index (χ2v) is 12.8. The van der Waals surface area contributed by atoms with Gasteiger partial charge in [-0.2, -0.15) is 0 Å². The molecule has 1 heterocycles. The molecule has 2 fully saturated rings. The number of carbonyl (C=O) groups is 5. The van der Waals surface area contributed by atoms with Gasteiger partial charge in [-0.15, -0.1) is 0 Å². The average Bonchev–Trinajstić information content (AvgIpc) is 3.33. The molecule has 3 aliphatic rings. The first-order chi connectivity index (χ1) is 21.2. The van der Waals surface area contributed by atoms with Crippen LogP contribution in [-0.2, 0) is 47.7 Å². The number of unbranched alkanes of at least 4 members (excludes halogenated alkanes) is 4. The molecule has 45 heavy (non-hydrogen) atoms. The Morgan fingerprint density at radius 1 is 0.978 bits per heavy atom. The molecule has 0 aromatic carbocycles. The van der Waals surface area contributed by atoms with Crippen molar-refractivity contribution in [2.45, 2.75) is 149 Å². The Kier molecular flexibility index (Phi) is 12.0. The van der Waals surface area contributed by atoms with Gasteiger partial charge in [-0.05, 0) is 58.6 Å². The molecule has 1 N–H and O–H groups in total. The van der Waals surface area contributed by atoms with Crippen LogP contribution in [0.25, 0.3) is 0 Å². The van der Waals surface area contributed by atoms with E-state index in [1.54, 1.807) is 40.7 Å². The van der Waals surface area contributed by atoms with Gasteiger partial charge >= 0.3 is 29.8 Å². The first-order valence-electron chi connectivity index (χ1n) is 16.2. The Morgan fingerprint density at radius 2 is 1.62 bits per heavy atom. The Labute approximate surface area is 266 Å². The van der Waals surface area contributed by atoms with Crippen LogP contribution in [0.4, 0.5) is 0 Å². The third-order valence-corrected chi connectivity index (χ3v) is 9.44. The first kappa shape index (κ1) is 36.3. The number of fused-ring (bicyclic) bond motifs is 3. The number of rotatable bonds is 13. The molecule has 0 spiro atoms. The van der Waals surface area contributed by atoms with E-state index in [-0.39, 0.29) is 19.3 Å². The highest BCUT2D eigenvalue weighted by molar-refractivity contribution is 5.88. The van der Waals surface area contributed by atoms with Crippen LogP contribution in [0.5, 0.6) is 0 Å². The Hall–Kier alpha value is -3.21. The number of aliphatic hydroxyl groups is 1. The largest absolute Gasteiger partial charge is 0.459 e. The summed E-state index contributed by atoms with van der Waals surface area (Å²) in [6, 6.07) is 0. The Bertz CT molecular complexity index is 1220. The van der Waals surface area contributed by atoms with Crippen LogP contribution >= 0.6 is 0 Å². The standard InChI is InChI=1S/C34H50O11/c1-9-12-13-14-15-17-25(37)42-29-27-26(20(5)28(29)43-31(38)19(4)11-3)30-34(40,21(6)32(39)44-30)23(41-24(36)16-10-2)18-33(27,8)45-22(7)35/h11,21,23,27-30,40H,9-10,12-18H2,1-8H3/b19-11-/t21-,23-,27+,28-,29+,30-,33-,34+/m0/s1.